The largest absolute Gasteiger partial charge is 0.490 e. The van der Waals surface area contributed by atoms with Gasteiger partial charge in [-0.2, -0.15) is 0 Å². The molecule has 0 unspecified atom stereocenters. The lowest BCUT2D eigenvalue weighted by Crippen LogP contribution is -2.30. The Hall–Kier alpha value is -1.91. The SMILES string of the molecule is C[C@@H](NS(=O)(=O)CCCCCN1CNNC1=O)c1ccc(F)c(OCC2CC2)c1. The second-order valence-electron chi connectivity index (χ2n) is 7.69. The Morgan fingerprint density at radius 1 is 1.31 bits per heavy atom. The lowest BCUT2D eigenvalue weighted by Gasteiger charge is -2.16. The molecule has 162 valence electrons. The van der Waals surface area contributed by atoms with Gasteiger partial charge in [-0.15, -0.1) is 0 Å². The monoisotopic (exact) mass is 428 g/mol. The number of carbonyl (C=O) groups is 1. The van der Waals surface area contributed by atoms with Gasteiger partial charge in [0.1, 0.15) is 0 Å². The first-order chi connectivity index (χ1) is 13.8. The molecule has 29 heavy (non-hydrogen) atoms. The lowest BCUT2D eigenvalue weighted by molar-refractivity contribution is 0.216. The van der Waals surface area contributed by atoms with Gasteiger partial charge in [-0.25, -0.2) is 27.8 Å². The normalized spacial score (nSPS) is 18.0. The van der Waals surface area contributed by atoms with Gasteiger partial charge in [0.2, 0.25) is 10.0 Å². The molecule has 1 aliphatic heterocycles. The number of carbonyl (C=O) groups excluding carboxylic acids is 1. The molecule has 1 saturated carbocycles. The third kappa shape index (κ3) is 6.83. The van der Waals surface area contributed by atoms with E-state index in [-0.39, 0.29) is 17.5 Å². The molecular weight excluding hydrogens is 399 g/mol. The Balaban J connectivity index is 1.42. The van der Waals surface area contributed by atoms with Gasteiger partial charge >= 0.3 is 6.03 Å². The van der Waals surface area contributed by atoms with Gasteiger partial charge in [-0.05, 0) is 56.2 Å². The first-order valence-electron chi connectivity index (χ1n) is 10.0. The molecule has 1 aliphatic carbocycles. The predicted molar refractivity (Wildman–Crippen MR) is 107 cm³/mol. The van der Waals surface area contributed by atoms with Crippen LogP contribution in [0.15, 0.2) is 18.2 Å². The number of nitrogens with one attached hydrogen (secondary N) is 3. The van der Waals surface area contributed by atoms with Gasteiger partial charge in [0.15, 0.2) is 11.6 Å². The Bertz CT molecular complexity index is 816. The number of benzene rings is 1. The van der Waals surface area contributed by atoms with Crippen molar-refractivity contribution < 1.29 is 22.3 Å². The van der Waals surface area contributed by atoms with E-state index in [0.29, 0.717) is 44.1 Å². The molecule has 1 saturated heterocycles. The minimum absolute atomic E-state index is 0.00795. The Labute approximate surface area is 171 Å². The second-order valence-corrected chi connectivity index (χ2v) is 9.57. The average Bonchev–Trinajstić information content (AvgIpc) is 3.41. The number of hydrogen-bond donors (Lipinski definition) is 3. The van der Waals surface area contributed by atoms with Crippen molar-refractivity contribution in [1.29, 1.82) is 0 Å². The summed E-state index contributed by atoms with van der Waals surface area (Å²) >= 11 is 0. The highest BCUT2D eigenvalue weighted by Gasteiger charge is 2.23. The van der Waals surface area contributed by atoms with E-state index in [2.05, 4.69) is 15.6 Å². The Morgan fingerprint density at radius 3 is 2.79 bits per heavy atom. The van der Waals surface area contributed by atoms with Crippen molar-refractivity contribution in [2.45, 2.75) is 45.1 Å². The number of urea groups is 1. The summed E-state index contributed by atoms with van der Waals surface area (Å²) in [5.74, 6) is 0.242. The molecule has 3 N–H and O–H groups in total. The molecule has 0 spiro atoms. The summed E-state index contributed by atoms with van der Waals surface area (Å²) in [6, 6.07) is 3.81. The molecule has 2 aliphatic rings. The van der Waals surface area contributed by atoms with Gasteiger partial charge in [0.05, 0.1) is 19.0 Å². The summed E-state index contributed by atoms with van der Waals surface area (Å²) in [4.78, 5) is 13.0. The number of halogens is 1. The number of ether oxygens (including phenoxy) is 1. The standard InChI is InChI=1S/C19H29FN4O4S/c1-14(16-7-8-17(20)18(11-16)28-12-15-5-6-15)23-29(26,27)10-4-2-3-9-24-13-21-22-19(24)25/h7-8,11,14-15,21,23H,2-6,9-10,12-13H2,1H3,(H,22,25)/t14-/m1/s1. The summed E-state index contributed by atoms with van der Waals surface area (Å²) in [6.07, 6.45) is 4.16. The van der Waals surface area contributed by atoms with Crippen LogP contribution in [-0.4, -0.2) is 44.9 Å². The fraction of sp³-hybridized carbons (Fsp3) is 0.632. The van der Waals surface area contributed by atoms with Crippen molar-refractivity contribution in [3.63, 3.8) is 0 Å². The Kier molecular flexibility index (Phi) is 7.31. The van der Waals surface area contributed by atoms with Crippen LogP contribution in [0, 0.1) is 11.7 Å². The zero-order chi connectivity index (χ0) is 20.9. The van der Waals surface area contributed by atoms with Crippen LogP contribution in [0.3, 0.4) is 0 Å². The number of nitrogens with zero attached hydrogens (tertiary/aromatic N) is 1. The highest BCUT2D eigenvalue weighted by atomic mass is 32.2. The topological polar surface area (TPSA) is 99.8 Å². The molecule has 1 atom stereocenters. The van der Waals surface area contributed by atoms with Gasteiger partial charge in [0.25, 0.3) is 0 Å². The summed E-state index contributed by atoms with van der Waals surface area (Å²) in [5, 5.41) is 0. The molecule has 0 aromatic heterocycles. The van der Waals surface area contributed by atoms with Gasteiger partial charge in [-0.3, -0.25) is 5.43 Å². The number of rotatable bonds is 12. The zero-order valence-electron chi connectivity index (χ0n) is 16.6. The van der Waals surface area contributed by atoms with E-state index in [1.165, 1.54) is 6.07 Å². The van der Waals surface area contributed by atoms with Crippen LogP contribution in [-0.2, 0) is 10.0 Å². The summed E-state index contributed by atoms with van der Waals surface area (Å²) in [7, 11) is -3.47. The van der Waals surface area contributed by atoms with Crippen LogP contribution >= 0.6 is 0 Å². The number of hydrogen-bond acceptors (Lipinski definition) is 5. The van der Waals surface area contributed by atoms with Crippen molar-refractivity contribution >= 4 is 16.1 Å². The maximum absolute atomic E-state index is 13.9. The molecule has 1 aromatic carbocycles. The van der Waals surface area contributed by atoms with Gasteiger partial charge in [0, 0.05) is 12.6 Å². The molecule has 0 radical (unpaired) electrons. The zero-order valence-corrected chi connectivity index (χ0v) is 17.4. The first-order valence-corrected chi connectivity index (χ1v) is 11.7. The minimum atomic E-state index is -3.47. The fourth-order valence-electron chi connectivity index (χ4n) is 3.10. The van der Waals surface area contributed by atoms with Crippen molar-refractivity contribution in [2.75, 3.05) is 25.6 Å². The van der Waals surface area contributed by atoms with Crippen molar-refractivity contribution in [2.24, 2.45) is 5.92 Å². The molecule has 2 fully saturated rings. The maximum Gasteiger partial charge on any atom is 0.332 e. The highest BCUT2D eigenvalue weighted by molar-refractivity contribution is 7.89. The molecule has 8 nitrogen and oxygen atoms in total. The number of hydrazine groups is 1. The van der Waals surface area contributed by atoms with E-state index in [1.807, 2.05) is 0 Å². The fourth-order valence-corrected chi connectivity index (χ4v) is 4.48. The van der Waals surface area contributed by atoms with Crippen molar-refractivity contribution in [1.82, 2.24) is 20.5 Å². The average molecular weight is 429 g/mol. The quantitative estimate of drug-likeness (QED) is 0.444. The van der Waals surface area contributed by atoms with Crippen LogP contribution in [0.4, 0.5) is 9.18 Å². The summed E-state index contributed by atoms with van der Waals surface area (Å²) < 4.78 is 46.8. The molecule has 1 aromatic rings. The van der Waals surface area contributed by atoms with Crippen molar-refractivity contribution in [3.8, 4) is 5.75 Å². The first kappa shape index (κ1) is 21.8. The van der Waals surface area contributed by atoms with E-state index in [0.717, 1.165) is 19.3 Å². The minimum Gasteiger partial charge on any atom is -0.490 e. The highest BCUT2D eigenvalue weighted by Crippen LogP contribution is 2.31. The molecule has 1 heterocycles. The summed E-state index contributed by atoms with van der Waals surface area (Å²) in [5.41, 5.74) is 5.89. The molecule has 2 amide bonds. The second kappa shape index (κ2) is 9.73. The van der Waals surface area contributed by atoms with Crippen LogP contribution in [0.1, 0.15) is 50.6 Å². The van der Waals surface area contributed by atoms with Crippen LogP contribution in [0.25, 0.3) is 0 Å². The molecule has 0 bridgehead atoms. The van der Waals surface area contributed by atoms with E-state index in [1.54, 1.807) is 24.0 Å². The summed E-state index contributed by atoms with van der Waals surface area (Å²) in [6.45, 7) is 3.27. The van der Waals surface area contributed by atoms with E-state index in [9.17, 15) is 17.6 Å². The van der Waals surface area contributed by atoms with Crippen LogP contribution < -0.4 is 20.3 Å². The number of sulfonamides is 1. The molecular formula is C19H29FN4O4S. The lowest BCUT2D eigenvalue weighted by atomic mass is 10.1. The van der Waals surface area contributed by atoms with E-state index >= 15 is 0 Å². The van der Waals surface area contributed by atoms with E-state index < -0.39 is 21.9 Å². The van der Waals surface area contributed by atoms with Crippen LogP contribution in [0.2, 0.25) is 0 Å². The molecule has 10 heteroatoms. The predicted octanol–water partition coefficient (Wildman–Crippen LogP) is 2.25. The van der Waals surface area contributed by atoms with Gasteiger partial charge < -0.3 is 9.64 Å². The maximum atomic E-state index is 13.9. The molecule has 3 rings (SSSR count). The third-order valence-corrected chi connectivity index (χ3v) is 6.62. The van der Waals surface area contributed by atoms with Crippen LogP contribution in [0.5, 0.6) is 5.75 Å². The third-order valence-electron chi connectivity index (χ3n) is 5.08. The van der Waals surface area contributed by atoms with E-state index in [4.69, 9.17) is 4.74 Å². The van der Waals surface area contributed by atoms with Crippen molar-refractivity contribution in [3.05, 3.63) is 29.6 Å². The smallest absolute Gasteiger partial charge is 0.332 e. The number of amides is 2. The number of unbranched alkanes of at least 4 members (excludes halogenated alkanes) is 2. The van der Waals surface area contributed by atoms with Gasteiger partial charge in [-0.1, -0.05) is 12.5 Å². The Morgan fingerprint density at radius 2 is 2.10 bits per heavy atom.